The highest BCUT2D eigenvalue weighted by Gasteiger charge is 2.46. The first-order chi connectivity index (χ1) is 10.5. The van der Waals surface area contributed by atoms with Gasteiger partial charge in [0.15, 0.2) is 6.04 Å². The van der Waals surface area contributed by atoms with Crippen LogP contribution in [0.15, 0.2) is 30.3 Å². The van der Waals surface area contributed by atoms with Crippen molar-refractivity contribution in [2.24, 2.45) is 0 Å². The number of carbonyl (C=O) groups is 1. The predicted octanol–water partition coefficient (Wildman–Crippen LogP) is 0.0803. The number of nitro groups is 1. The molecule has 1 saturated heterocycles. The van der Waals surface area contributed by atoms with E-state index < -0.39 is 29.0 Å². The van der Waals surface area contributed by atoms with Crippen LogP contribution in [0.5, 0.6) is 5.75 Å². The molecule has 0 saturated carbocycles. The summed E-state index contributed by atoms with van der Waals surface area (Å²) in [7, 11) is 0. The average Bonchev–Trinajstić information content (AvgIpc) is 2.88. The van der Waals surface area contributed by atoms with Gasteiger partial charge in [0, 0.05) is 4.92 Å². The number of nitrogens with one attached hydrogen (secondary N) is 3. The van der Waals surface area contributed by atoms with Crippen LogP contribution in [0, 0.1) is 10.1 Å². The molecule has 1 fully saturated rings. The first kappa shape index (κ1) is 16.2. The van der Waals surface area contributed by atoms with Crippen molar-refractivity contribution < 1.29 is 14.5 Å². The van der Waals surface area contributed by atoms with Gasteiger partial charge in [-0.2, -0.15) is 0 Å². The Labute approximate surface area is 128 Å². The van der Waals surface area contributed by atoms with Crippen LogP contribution in [0.25, 0.3) is 0 Å². The fourth-order valence-electron chi connectivity index (χ4n) is 2.33. The van der Waals surface area contributed by atoms with Crippen molar-refractivity contribution in [1.29, 1.82) is 0 Å². The summed E-state index contributed by atoms with van der Waals surface area (Å²) in [6.07, 6.45) is -0.243. The molecule has 8 heteroatoms. The standard InChI is InChI=1S/C14H20N4O4/c1-9(22-11-6-4-3-5-7-11)8-15-14(19)12-13(18(20)21)10(2)16-17-12/h3-7,9-10,12-13,16-17H,8H2,1-2H3,(H,15,19). The zero-order chi connectivity index (χ0) is 16.1. The highest BCUT2D eigenvalue weighted by molar-refractivity contribution is 5.82. The number of nitrogens with zero attached hydrogens (tertiary/aromatic N) is 1. The Morgan fingerprint density at radius 2 is 2.09 bits per heavy atom. The third-order valence-corrected chi connectivity index (χ3v) is 3.49. The monoisotopic (exact) mass is 308 g/mol. The number of carbonyl (C=O) groups excluding carboxylic acids is 1. The fraction of sp³-hybridized carbons (Fsp3) is 0.500. The normalized spacial score (nSPS) is 25.5. The van der Waals surface area contributed by atoms with E-state index in [0.29, 0.717) is 5.75 Å². The van der Waals surface area contributed by atoms with E-state index in [-0.39, 0.29) is 12.6 Å². The Balaban J connectivity index is 1.83. The van der Waals surface area contributed by atoms with Crippen molar-refractivity contribution in [1.82, 2.24) is 16.2 Å². The number of hydrogen-bond acceptors (Lipinski definition) is 6. The smallest absolute Gasteiger partial charge is 0.254 e. The maximum absolute atomic E-state index is 12.1. The van der Waals surface area contributed by atoms with E-state index >= 15 is 0 Å². The minimum absolute atomic E-state index is 0.243. The van der Waals surface area contributed by atoms with Gasteiger partial charge in [-0.3, -0.25) is 14.9 Å². The van der Waals surface area contributed by atoms with Crippen molar-refractivity contribution in [3.05, 3.63) is 40.4 Å². The first-order valence-corrected chi connectivity index (χ1v) is 7.13. The Morgan fingerprint density at radius 3 is 2.73 bits per heavy atom. The number of ether oxygens (including phenoxy) is 1. The molecule has 4 unspecified atom stereocenters. The lowest BCUT2D eigenvalue weighted by atomic mass is 10.0. The number of rotatable bonds is 6. The minimum Gasteiger partial charge on any atom is -0.489 e. The summed E-state index contributed by atoms with van der Waals surface area (Å²) in [5.41, 5.74) is 5.39. The van der Waals surface area contributed by atoms with Gasteiger partial charge in [0.25, 0.3) is 6.04 Å². The highest BCUT2D eigenvalue weighted by Crippen LogP contribution is 2.11. The van der Waals surface area contributed by atoms with Gasteiger partial charge in [-0.05, 0) is 26.0 Å². The molecule has 120 valence electrons. The molecule has 1 aromatic rings. The van der Waals surface area contributed by atoms with E-state index in [9.17, 15) is 14.9 Å². The molecule has 0 radical (unpaired) electrons. The summed E-state index contributed by atoms with van der Waals surface area (Å²) in [5, 5.41) is 13.7. The van der Waals surface area contributed by atoms with Gasteiger partial charge < -0.3 is 10.1 Å². The van der Waals surface area contributed by atoms with Crippen LogP contribution in [0.2, 0.25) is 0 Å². The Morgan fingerprint density at radius 1 is 1.41 bits per heavy atom. The lowest BCUT2D eigenvalue weighted by Gasteiger charge is -2.18. The van der Waals surface area contributed by atoms with Gasteiger partial charge in [-0.1, -0.05) is 18.2 Å². The lowest BCUT2D eigenvalue weighted by molar-refractivity contribution is -0.523. The van der Waals surface area contributed by atoms with Gasteiger partial charge in [0.2, 0.25) is 5.91 Å². The topological polar surface area (TPSA) is 106 Å². The van der Waals surface area contributed by atoms with Crippen LogP contribution < -0.4 is 20.9 Å². The van der Waals surface area contributed by atoms with Crippen LogP contribution in [0.1, 0.15) is 13.8 Å². The quantitative estimate of drug-likeness (QED) is 0.508. The van der Waals surface area contributed by atoms with Gasteiger partial charge in [-0.15, -0.1) is 0 Å². The maximum atomic E-state index is 12.1. The summed E-state index contributed by atoms with van der Waals surface area (Å²) < 4.78 is 5.64. The van der Waals surface area contributed by atoms with E-state index in [0.717, 1.165) is 0 Å². The Bertz CT molecular complexity index is 525. The molecule has 3 N–H and O–H groups in total. The van der Waals surface area contributed by atoms with E-state index in [4.69, 9.17) is 4.74 Å². The number of benzene rings is 1. The number of hydrazine groups is 1. The van der Waals surface area contributed by atoms with E-state index in [1.54, 1.807) is 6.92 Å². The number of hydrogen-bond donors (Lipinski definition) is 3. The van der Waals surface area contributed by atoms with Crippen molar-refractivity contribution in [2.45, 2.75) is 38.1 Å². The van der Waals surface area contributed by atoms with Crippen molar-refractivity contribution in [3.8, 4) is 5.75 Å². The summed E-state index contributed by atoms with van der Waals surface area (Å²) in [5.74, 6) is 0.295. The second-order valence-electron chi connectivity index (χ2n) is 5.32. The van der Waals surface area contributed by atoms with Crippen LogP contribution in [0.4, 0.5) is 0 Å². The Hall–Kier alpha value is -2.19. The van der Waals surface area contributed by atoms with Crippen LogP contribution >= 0.6 is 0 Å². The molecule has 1 aromatic carbocycles. The molecule has 1 heterocycles. The molecule has 1 amide bonds. The van der Waals surface area contributed by atoms with E-state index in [2.05, 4.69) is 16.2 Å². The minimum atomic E-state index is -0.995. The molecule has 0 bridgehead atoms. The maximum Gasteiger partial charge on any atom is 0.254 e. The van der Waals surface area contributed by atoms with Crippen LogP contribution in [-0.2, 0) is 4.79 Å². The van der Waals surface area contributed by atoms with Gasteiger partial charge in [-0.25, -0.2) is 10.9 Å². The third-order valence-electron chi connectivity index (χ3n) is 3.49. The molecular formula is C14H20N4O4. The molecule has 0 aromatic heterocycles. The largest absolute Gasteiger partial charge is 0.489 e. The summed E-state index contributed by atoms with van der Waals surface area (Å²) in [4.78, 5) is 22.7. The van der Waals surface area contributed by atoms with Crippen LogP contribution in [-0.4, -0.2) is 41.6 Å². The molecule has 4 atom stereocenters. The second kappa shape index (κ2) is 7.19. The molecule has 8 nitrogen and oxygen atoms in total. The van der Waals surface area contributed by atoms with Crippen molar-refractivity contribution in [3.63, 3.8) is 0 Å². The summed E-state index contributed by atoms with van der Waals surface area (Å²) in [6.45, 7) is 3.75. The lowest BCUT2D eigenvalue weighted by Crippen LogP contribution is -2.51. The summed E-state index contributed by atoms with van der Waals surface area (Å²) >= 11 is 0. The zero-order valence-corrected chi connectivity index (χ0v) is 12.5. The highest BCUT2D eigenvalue weighted by atomic mass is 16.6. The number of amides is 1. The molecule has 2 rings (SSSR count). The van der Waals surface area contributed by atoms with Gasteiger partial charge in [0.05, 0.1) is 12.6 Å². The third kappa shape index (κ3) is 3.92. The average molecular weight is 308 g/mol. The molecule has 1 aliphatic rings. The first-order valence-electron chi connectivity index (χ1n) is 7.13. The Kier molecular flexibility index (Phi) is 5.29. The van der Waals surface area contributed by atoms with Gasteiger partial charge in [0.1, 0.15) is 11.9 Å². The van der Waals surface area contributed by atoms with Gasteiger partial charge >= 0.3 is 0 Å². The van der Waals surface area contributed by atoms with E-state index in [1.807, 2.05) is 37.3 Å². The second-order valence-corrected chi connectivity index (χ2v) is 5.32. The molecule has 0 aliphatic carbocycles. The molecule has 0 spiro atoms. The predicted molar refractivity (Wildman–Crippen MR) is 79.8 cm³/mol. The SMILES string of the molecule is CC(CNC(=O)C1NNC(C)C1[N+](=O)[O-])Oc1ccccc1. The zero-order valence-electron chi connectivity index (χ0n) is 12.5. The van der Waals surface area contributed by atoms with E-state index in [1.165, 1.54) is 0 Å². The van der Waals surface area contributed by atoms with Crippen molar-refractivity contribution >= 4 is 5.91 Å². The van der Waals surface area contributed by atoms with Crippen molar-refractivity contribution in [2.75, 3.05) is 6.54 Å². The molecule has 22 heavy (non-hydrogen) atoms. The summed E-state index contributed by atoms with van der Waals surface area (Å²) in [6, 6.07) is 6.95. The molecule has 1 aliphatic heterocycles. The molecular weight excluding hydrogens is 288 g/mol. The fourth-order valence-corrected chi connectivity index (χ4v) is 2.33. The number of para-hydroxylation sites is 1. The van der Waals surface area contributed by atoms with Crippen LogP contribution in [0.3, 0.4) is 0 Å².